The molecule has 2 aromatic heterocycles. The van der Waals surface area contributed by atoms with Gasteiger partial charge in [-0.05, 0) is 73.1 Å². The van der Waals surface area contributed by atoms with Crippen LogP contribution in [0.2, 0.25) is 0 Å². The molecule has 2 aromatic carbocycles. The Morgan fingerprint density at radius 3 is 3.00 bits per heavy atom. The summed E-state index contributed by atoms with van der Waals surface area (Å²) >= 11 is 0. The number of aryl methyl sites for hydroxylation is 3. The number of H-pyrrole nitrogens is 1. The van der Waals surface area contributed by atoms with Crippen LogP contribution in [0.4, 0.5) is 0 Å². The molecule has 0 bridgehead atoms. The van der Waals surface area contributed by atoms with Crippen LogP contribution in [-0.4, -0.2) is 37.3 Å². The third kappa shape index (κ3) is 5.12. The number of carbonyl (C=O) groups is 1. The minimum absolute atomic E-state index is 0.330. The summed E-state index contributed by atoms with van der Waals surface area (Å²) in [5, 5.41) is 14.5. The van der Waals surface area contributed by atoms with Crippen molar-refractivity contribution in [2.75, 3.05) is 6.54 Å². The Labute approximate surface area is 211 Å². The number of carbonyl (C=O) groups excluding carboxylic acids is 1. The number of nitrogens with zero attached hydrogens (tertiary/aromatic N) is 3. The predicted octanol–water partition coefficient (Wildman–Crippen LogP) is 4.94. The molecule has 3 N–H and O–H groups in total. The minimum atomic E-state index is -0.528. The molecule has 1 unspecified atom stereocenters. The fourth-order valence-electron chi connectivity index (χ4n) is 5.32. The van der Waals surface area contributed by atoms with E-state index in [2.05, 4.69) is 71.6 Å². The predicted molar refractivity (Wildman–Crippen MR) is 142 cm³/mol. The van der Waals surface area contributed by atoms with Crippen molar-refractivity contribution in [1.29, 1.82) is 0 Å². The van der Waals surface area contributed by atoms with Gasteiger partial charge in [-0.3, -0.25) is 19.6 Å². The number of amides is 1. The quantitative estimate of drug-likeness (QED) is 0.179. The zero-order chi connectivity index (χ0) is 25.1. The Hall–Kier alpha value is -3.68. The number of fused-ring (bicyclic) bond motifs is 2. The first-order valence-corrected chi connectivity index (χ1v) is 12.6. The van der Waals surface area contributed by atoms with Gasteiger partial charge in [0.05, 0.1) is 6.20 Å². The fraction of sp³-hybridized carbons (Fsp3) is 0.310. The van der Waals surface area contributed by atoms with E-state index in [1.165, 1.54) is 44.8 Å². The molecule has 4 aromatic rings. The Kier molecular flexibility index (Phi) is 7.02. The molecule has 1 aliphatic carbocycles. The number of aromatic nitrogens is 3. The summed E-state index contributed by atoms with van der Waals surface area (Å²) in [5.41, 5.74) is 10.3. The molecule has 0 aliphatic heterocycles. The lowest BCUT2D eigenvalue weighted by Gasteiger charge is -2.29. The molecule has 1 atom stereocenters. The molecule has 7 nitrogen and oxygen atoms in total. The Bertz CT molecular complexity index is 1400. The van der Waals surface area contributed by atoms with E-state index in [4.69, 9.17) is 5.21 Å². The van der Waals surface area contributed by atoms with Crippen LogP contribution in [0.15, 0.2) is 61.1 Å². The summed E-state index contributed by atoms with van der Waals surface area (Å²) in [6.45, 7) is 6.89. The lowest BCUT2D eigenvalue weighted by atomic mass is 10.0. The highest BCUT2D eigenvalue weighted by atomic mass is 16.5. The van der Waals surface area contributed by atoms with Crippen LogP contribution in [0.5, 0.6) is 0 Å². The van der Waals surface area contributed by atoms with Crippen LogP contribution in [-0.2, 0) is 30.7 Å². The van der Waals surface area contributed by atoms with Gasteiger partial charge in [-0.2, -0.15) is 5.10 Å². The summed E-state index contributed by atoms with van der Waals surface area (Å²) in [5.74, 6) is -0.528. The maximum absolute atomic E-state index is 11.4. The number of hydrogen-bond acceptors (Lipinski definition) is 4. The maximum Gasteiger partial charge on any atom is 0.267 e. The summed E-state index contributed by atoms with van der Waals surface area (Å²) in [7, 11) is 0. The first-order valence-electron chi connectivity index (χ1n) is 12.6. The molecule has 7 heteroatoms. The minimum Gasteiger partial charge on any atom is -0.361 e. The van der Waals surface area contributed by atoms with E-state index in [1.54, 1.807) is 11.6 Å². The molecule has 186 valence electrons. The van der Waals surface area contributed by atoms with E-state index in [1.807, 2.05) is 16.9 Å². The van der Waals surface area contributed by atoms with Gasteiger partial charge >= 0.3 is 0 Å². The first kappa shape index (κ1) is 24.0. The average molecular weight is 484 g/mol. The molecule has 2 heterocycles. The van der Waals surface area contributed by atoms with Gasteiger partial charge in [-0.25, -0.2) is 5.48 Å². The van der Waals surface area contributed by atoms with Crippen molar-refractivity contribution in [3.63, 3.8) is 0 Å². The number of nitrogens with one attached hydrogen (secondary N) is 2. The van der Waals surface area contributed by atoms with Crippen molar-refractivity contribution in [2.24, 2.45) is 0 Å². The van der Waals surface area contributed by atoms with Crippen molar-refractivity contribution >= 4 is 22.9 Å². The second-order valence-electron chi connectivity index (χ2n) is 9.61. The molecule has 0 spiro atoms. The number of hydrogen-bond donors (Lipinski definition) is 3. The highest BCUT2D eigenvalue weighted by Gasteiger charge is 2.28. The van der Waals surface area contributed by atoms with Crippen LogP contribution in [0.3, 0.4) is 0 Å². The molecule has 1 amide bonds. The summed E-state index contributed by atoms with van der Waals surface area (Å²) in [6.07, 6.45) is 12.4. The number of hydroxylamine groups is 1. The first-order chi connectivity index (χ1) is 17.5. The lowest BCUT2D eigenvalue weighted by molar-refractivity contribution is -0.124. The lowest BCUT2D eigenvalue weighted by Crippen LogP contribution is -2.29. The fourth-order valence-corrected chi connectivity index (χ4v) is 5.32. The van der Waals surface area contributed by atoms with Crippen molar-refractivity contribution in [1.82, 2.24) is 25.1 Å². The van der Waals surface area contributed by atoms with Crippen molar-refractivity contribution in [2.45, 2.75) is 52.2 Å². The molecule has 36 heavy (non-hydrogen) atoms. The summed E-state index contributed by atoms with van der Waals surface area (Å²) in [6, 6.07) is 13.3. The van der Waals surface area contributed by atoms with Crippen LogP contribution in [0, 0.1) is 6.92 Å². The van der Waals surface area contributed by atoms with E-state index in [0.717, 1.165) is 44.5 Å². The topological polar surface area (TPSA) is 86.2 Å². The van der Waals surface area contributed by atoms with Gasteiger partial charge in [-0.15, -0.1) is 0 Å². The SMILES string of the molecule is CCn1cc(CN(CCc2c[nH]c3cc(C)ccc23)C2CCc3cc(C=CC(=O)NO)ccc32)cn1. The van der Waals surface area contributed by atoms with Crippen LogP contribution in [0.1, 0.15) is 52.8 Å². The van der Waals surface area contributed by atoms with Gasteiger partial charge in [0.25, 0.3) is 5.91 Å². The molecule has 5 rings (SSSR count). The Balaban J connectivity index is 1.39. The molecular weight excluding hydrogens is 450 g/mol. The molecule has 0 fully saturated rings. The van der Waals surface area contributed by atoms with Gasteiger partial charge in [0.15, 0.2) is 0 Å². The van der Waals surface area contributed by atoms with Gasteiger partial charge < -0.3 is 4.98 Å². The van der Waals surface area contributed by atoms with Crippen molar-refractivity contribution in [3.8, 4) is 0 Å². The van der Waals surface area contributed by atoms with Crippen molar-refractivity contribution in [3.05, 3.63) is 94.4 Å². The molecule has 0 radical (unpaired) electrons. The normalized spacial score (nSPS) is 15.3. The zero-order valence-electron chi connectivity index (χ0n) is 20.9. The monoisotopic (exact) mass is 483 g/mol. The zero-order valence-corrected chi connectivity index (χ0v) is 20.9. The van der Waals surface area contributed by atoms with Crippen LogP contribution >= 0.6 is 0 Å². The van der Waals surface area contributed by atoms with Crippen molar-refractivity contribution < 1.29 is 10.0 Å². The second kappa shape index (κ2) is 10.5. The summed E-state index contributed by atoms with van der Waals surface area (Å²) < 4.78 is 1.99. The second-order valence-corrected chi connectivity index (χ2v) is 9.61. The van der Waals surface area contributed by atoms with Gasteiger partial charge in [0.1, 0.15) is 0 Å². The van der Waals surface area contributed by atoms with E-state index >= 15 is 0 Å². The van der Waals surface area contributed by atoms with E-state index in [0.29, 0.717) is 6.04 Å². The third-order valence-electron chi connectivity index (χ3n) is 7.18. The number of rotatable bonds is 9. The standard InChI is InChI=1S/C29H33N5O2/c1-3-34-19-22(16-31-34)18-33(13-12-24-17-30-27-14-20(2)4-8-25(24)27)28-10-7-23-15-21(5-9-26(23)28)6-11-29(35)32-36/h4-6,8-9,11,14-17,19,28,30,36H,3,7,10,12-13,18H2,1-2H3,(H,32,35). The molecular formula is C29H33N5O2. The molecule has 0 saturated heterocycles. The third-order valence-corrected chi connectivity index (χ3v) is 7.18. The largest absolute Gasteiger partial charge is 0.361 e. The van der Waals surface area contributed by atoms with Gasteiger partial charge in [0, 0.05) is 60.6 Å². The van der Waals surface area contributed by atoms with Gasteiger partial charge in [-0.1, -0.05) is 30.3 Å². The van der Waals surface area contributed by atoms with Crippen LogP contribution < -0.4 is 5.48 Å². The highest BCUT2D eigenvalue weighted by molar-refractivity contribution is 5.90. The van der Waals surface area contributed by atoms with E-state index < -0.39 is 5.91 Å². The highest BCUT2D eigenvalue weighted by Crippen LogP contribution is 2.37. The average Bonchev–Trinajstić information content (AvgIpc) is 3.62. The number of aromatic amines is 1. The molecule has 1 aliphatic rings. The number of benzene rings is 2. The molecule has 0 saturated carbocycles. The maximum atomic E-state index is 11.4. The smallest absolute Gasteiger partial charge is 0.267 e. The summed E-state index contributed by atoms with van der Waals surface area (Å²) in [4.78, 5) is 17.4. The van der Waals surface area contributed by atoms with Gasteiger partial charge in [0.2, 0.25) is 0 Å². The van der Waals surface area contributed by atoms with Crippen LogP contribution in [0.25, 0.3) is 17.0 Å². The van der Waals surface area contributed by atoms with E-state index in [9.17, 15) is 4.79 Å². The Morgan fingerprint density at radius 1 is 1.31 bits per heavy atom. The Morgan fingerprint density at radius 2 is 2.19 bits per heavy atom. The van der Waals surface area contributed by atoms with E-state index in [-0.39, 0.29) is 0 Å².